The number of alkyl halides is 3. The number of methoxy groups -OCH3 is 1. The summed E-state index contributed by atoms with van der Waals surface area (Å²) < 4.78 is 42.1. The van der Waals surface area contributed by atoms with E-state index in [-0.39, 0.29) is 29.3 Å². The van der Waals surface area contributed by atoms with Crippen LogP contribution in [0.25, 0.3) is 0 Å². The molecular formula is C14H13F3N4O3S. The first-order valence-corrected chi connectivity index (χ1v) is 7.74. The summed E-state index contributed by atoms with van der Waals surface area (Å²) in [5.74, 6) is -0.407. The maximum atomic E-state index is 12.4. The zero-order chi connectivity index (χ0) is 18.4. The van der Waals surface area contributed by atoms with Crippen LogP contribution in [0.1, 0.15) is 17.8 Å². The molecule has 1 aromatic carbocycles. The molecule has 2 rings (SSSR count). The fourth-order valence-corrected chi connectivity index (χ4v) is 2.32. The molecular weight excluding hydrogens is 361 g/mol. The van der Waals surface area contributed by atoms with Gasteiger partial charge in [0.2, 0.25) is 22.0 Å². The third-order valence-corrected chi connectivity index (χ3v) is 3.75. The minimum Gasteiger partial charge on any atom is -0.497 e. The van der Waals surface area contributed by atoms with Gasteiger partial charge in [0.05, 0.1) is 7.11 Å². The lowest BCUT2D eigenvalue weighted by Crippen LogP contribution is -2.17. The first-order chi connectivity index (χ1) is 11.8. The number of benzene rings is 1. The summed E-state index contributed by atoms with van der Waals surface area (Å²) in [5.41, 5.74) is 0.533. The van der Waals surface area contributed by atoms with Crippen molar-refractivity contribution in [2.75, 3.05) is 17.7 Å². The molecule has 1 heterocycles. The van der Waals surface area contributed by atoms with Crippen LogP contribution in [0.15, 0.2) is 24.3 Å². The third kappa shape index (κ3) is 5.71. The van der Waals surface area contributed by atoms with Crippen LogP contribution in [0.3, 0.4) is 0 Å². The molecule has 7 nitrogen and oxygen atoms in total. The number of hydrogen-bond acceptors (Lipinski definition) is 6. The Hall–Kier alpha value is -2.69. The van der Waals surface area contributed by atoms with E-state index in [1.54, 1.807) is 24.3 Å². The van der Waals surface area contributed by atoms with Crippen LogP contribution in [0.2, 0.25) is 0 Å². The van der Waals surface area contributed by atoms with Crippen molar-refractivity contribution in [1.82, 2.24) is 10.2 Å². The Morgan fingerprint density at radius 3 is 2.20 bits per heavy atom. The van der Waals surface area contributed by atoms with Crippen LogP contribution in [0.4, 0.5) is 24.0 Å². The van der Waals surface area contributed by atoms with Crippen molar-refractivity contribution in [2.24, 2.45) is 0 Å². The Labute approximate surface area is 144 Å². The first-order valence-electron chi connectivity index (χ1n) is 6.92. The summed E-state index contributed by atoms with van der Waals surface area (Å²) in [4.78, 5) is 23.4. The van der Waals surface area contributed by atoms with Crippen molar-refractivity contribution in [3.05, 3.63) is 29.3 Å². The second kappa shape index (κ2) is 7.92. The highest BCUT2D eigenvalue weighted by atomic mass is 32.1. The molecule has 0 aliphatic carbocycles. The second-order valence-corrected chi connectivity index (χ2v) is 5.71. The topological polar surface area (TPSA) is 93.2 Å². The van der Waals surface area contributed by atoms with Crippen molar-refractivity contribution in [3.8, 4) is 5.75 Å². The lowest BCUT2D eigenvalue weighted by atomic mass is 10.2. The van der Waals surface area contributed by atoms with Gasteiger partial charge in [0, 0.05) is 18.5 Å². The quantitative estimate of drug-likeness (QED) is 0.811. The molecule has 0 saturated carbocycles. The molecule has 0 radical (unpaired) electrons. The molecule has 0 atom stereocenters. The number of hydrogen-bond donors (Lipinski definition) is 2. The third-order valence-electron chi connectivity index (χ3n) is 2.87. The number of ether oxygens (including phenoxy) is 1. The monoisotopic (exact) mass is 374 g/mol. The summed E-state index contributed by atoms with van der Waals surface area (Å²) in [6.45, 7) is 0. The van der Waals surface area contributed by atoms with Crippen LogP contribution in [-0.4, -0.2) is 29.1 Å². The van der Waals surface area contributed by atoms with Gasteiger partial charge in [0.1, 0.15) is 5.75 Å². The van der Waals surface area contributed by atoms with Gasteiger partial charge in [0.25, 0.3) is 0 Å². The molecule has 134 valence electrons. The molecule has 0 unspecified atom stereocenters. The van der Waals surface area contributed by atoms with Crippen molar-refractivity contribution < 1.29 is 27.5 Å². The lowest BCUT2D eigenvalue weighted by Gasteiger charge is -2.06. The predicted molar refractivity (Wildman–Crippen MR) is 84.4 cm³/mol. The highest BCUT2D eigenvalue weighted by Crippen LogP contribution is 2.33. The number of halogens is 3. The molecule has 11 heteroatoms. The van der Waals surface area contributed by atoms with Gasteiger partial charge in [-0.2, -0.15) is 13.2 Å². The molecule has 1 aromatic heterocycles. The minimum absolute atomic E-state index is 0.136. The second-order valence-electron chi connectivity index (χ2n) is 4.73. The van der Waals surface area contributed by atoms with E-state index in [1.807, 2.05) is 0 Å². The summed E-state index contributed by atoms with van der Waals surface area (Å²) in [6, 6.07) is 6.60. The molecule has 2 aromatic rings. The zero-order valence-corrected chi connectivity index (χ0v) is 13.7. The number of rotatable bonds is 6. The highest BCUT2D eigenvalue weighted by Gasteiger charge is 2.35. The van der Waals surface area contributed by atoms with Gasteiger partial charge < -0.3 is 15.4 Å². The molecule has 0 fully saturated rings. The molecule has 2 N–H and O–H groups in total. The zero-order valence-electron chi connectivity index (χ0n) is 12.9. The number of nitrogens with zero attached hydrogens (tertiary/aromatic N) is 2. The maximum absolute atomic E-state index is 12.4. The van der Waals surface area contributed by atoms with E-state index in [2.05, 4.69) is 20.8 Å². The van der Waals surface area contributed by atoms with E-state index in [1.165, 1.54) is 7.11 Å². The molecule has 0 aliphatic heterocycles. The largest absolute Gasteiger partial charge is 0.497 e. The maximum Gasteiger partial charge on any atom is 0.445 e. The van der Waals surface area contributed by atoms with E-state index >= 15 is 0 Å². The fourth-order valence-electron chi connectivity index (χ4n) is 1.69. The van der Waals surface area contributed by atoms with Gasteiger partial charge >= 0.3 is 6.18 Å². The van der Waals surface area contributed by atoms with Gasteiger partial charge in [-0.3, -0.25) is 9.59 Å². The smallest absolute Gasteiger partial charge is 0.445 e. The van der Waals surface area contributed by atoms with Crippen molar-refractivity contribution in [1.29, 1.82) is 0 Å². The van der Waals surface area contributed by atoms with Crippen molar-refractivity contribution >= 4 is 34.0 Å². The number of nitrogens with one attached hydrogen (secondary N) is 2. The highest BCUT2D eigenvalue weighted by molar-refractivity contribution is 7.15. The predicted octanol–water partition coefficient (Wildman–Crippen LogP) is 2.92. The van der Waals surface area contributed by atoms with Gasteiger partial charge in [-0.15, -0.1) is 10.2 Å². The lowest BCUT2D eigenvalue weighted by molar-refractivity contribution is -0.138. The number of carbonyl (C=O) groups is 2. The van der Waals surface area contributed by atoms with Gasteiger partial charge in [0.15, 0.2) is 0 Å². The Kier molecular flexibility index (Phi) is 5.91. The fraction of sp³-hybridized carbons (Fsp3) is 0.286. The van der Waals surface area contributed by atoms with Crippen LogP contribution in [0.5, 0.6) is 5.75 Å². The van der Waals surface area contributed by atoms with Gasteiger partial charge in [-0.1, -0.05) is 11.3 Å². The summed E-state index contributed by atoms with van der Waals surface area (Å²) in [5, 5.41) is 9.53. The summed E-state index contributed by atoms with van der Waals surface area (Å²) in [6.07, 6.45) is -4.95. The molecule has 2 amide bonds. The SMILES string of the molecule is COc1ccc(NC(=O)CCC(=O)Nc2nnc(C(F)(F)F)s2)cc1. The van der Waals surface area contributed by atoms with Crippen molar-refractivity contribution in [2.45, 2.75) is 19.0 Å². The molecule has 0 aliphatic rings. The van der Waals surface area contributed by atoms with Gasteiger partial charge in [-0.25, -0.2) is 0 Å². The Balaban J connectivity index is 1.79. The molecule has 0 spiro atoms. The van der Waals surface area contributed by atoms with E-state index in [0.29, 0.717) is 11.4 Å². The first kappa shape index (κ1) is 18.6. The number of anilines is 2. The summed E-state index contributed by atoms with van der Waals surface area (Å²) in [7, 11) is 1.52. The Morgan fingerprint density at radius 1 is 1.08 bits per heavy atom. The minimum atomic E-state index is -4.61. The van der Waals surface area contributed by atoms with Gasteiger partial charge in [-0.05, 0) is 24.3 Å². The molecule has 0 bridgehead atoms. The van der Waals surface area contributed by atoms with Crippen LogP contribution >= 0.6 is 11.3 Å². The Bertz CT molecular complexity index is 747. The average Bonchev–Trinajstić information content (AvgIpc) is 3.02. The van der Waals surface area contributed by atoms with Crippen LogP contribution in [0, 0.1) is 0 Å². The number of aromatic nitrogens is 2. The van der Waals surface area contributed by atoms with E-state index in [9.17, 15) is 22.8 Å². The van der Waals surface area contributed by atoms with Crippen LogP contribution in [-0.2, 0) is 15.8 Å². The number of carbonyl (C=O) groups excluding carboxylic acids is 2. The van der Waals surface area contributed by atoms with Crippen molar-refractivity contribution in [3.63, 3.8) is 0 Å². The average molecular weight is 374 g/mol. The summed E-state index contributed by atoms with van der Waals surface area (Å²) >= 11 is 0.217. The van der Waals surface area contributed by atoms with E-state index in [0.717, 1.165) is 0 Å². The van der Waals surface area contributed by atoms with E-state index < -0.39 is 23.0 Å². The molecule has 25 heavy (non-hydrogen) atoms. The standard InChI is InChI=1S/C14H13F3N4O3S/c1-24-9-4-2-8(3-5-9)18-10(22)6-7-11(23)19-13-21-20-12(25-13)14(15,16)17/h2-5H,6-7H2,1H3,(H,18,22)(H,19,21,23). The van der Waals surface area contributed by atoms with Crippen LogP contribution < -0.4 is 15.4 Å². The van der Waals surface area contributed by atoms with E-state index in [4.69, 9.17) is 4.74 Å². The Morgan fingerprint density at radius 2 is 1.68 bits per heavy atom. The molecule has 0 saturated heterocycles. The number of amides is 2. The normalized spacial score (nSPS) is 11.0.